The van der Waals surface area contributed by atoms with Gasteiger partial charge in [0.15, 0.2) is 0 Å². The van der Waals surface area contributed by atoms with Gasteiger partial charge in [-0.25, -0.2) is 0 Å². The highest BCUT2D eigenvalue weighted by atomic mass is 15.0. The fourth-order valence-corrected chi connectivity index (χ4v) is 1.71. The molecule has 11 heavy (non-hydrogen) atoms. The molecule has 0 spiro atoms. The summed E-state index contributed by atoms with van der Waals surface area (Å²) in [7, 11) is 0. The van der Waals surface area contributed by atoms with Crippen molar-refractivity contribution in [1.82, 2.24) is 10.6 Å². The maximum Gasteiger partial charge on any atom is 0.0108 e. The van der Waals surface area contributed by atoms with Crippen molar-refractivity contribution in [3.63, 3.8) is 0 Å². The smallest absolute Gasteiger partial charge is 0.0108 e. The van der Waals surface area contributed by atoms with E-state index in [-0.39, 0.29) is 0 Å². The third kappa shape index (κ3) is 2.46. The minimum atomic E-state index is 0.634. The molecule has 2 unspecified atom stereocenters. The van der Waals surface area contributed by atoms with Gasteiger partial charge in [0, 0.05) is 19.1 Å². The van der Waals surface area contributed by atoms with Gasteiger partial charge in [-0.2, -0.15) is 0 Å². The van der Waals surface area contributed by atoms with Crippen LogP contribution in [0.3, 0.4) is 0 Å². The second kappa shape index (κ2) is 4.73. The monoisotopic (exact) mass is 155 g/mol. The molecule has 1 aliphatic heterocycles. The molecule has 0 bridgehead atoms. The molecule has 2 atom stereocenters. The van der Waals surface area contributed by atoms with Crippen molar-refractivity contribution in [3.05, 3.63) is 6.92 Å². The van der Waals surface area contributed by atoms with E-state index in [9.17, 15) is 0 Å². The Morgan fingerprint density at radius 2 is 2.27 bits per heavy atom. The Kier molecular flexibility index (Phi) is 3.87. The first-order valence-electron chi connectivity index (χ1n) is 4.61. The minimum Gasteiger partial charge on any atom is -0.315 e. The quantitative estimate of drug-likeness (QED) is 0.616. The van der Waals surface area contributed by atoms with Gasteiger partial charge in [0.2, 0.25) is 0 Å². The number of rotatable bonds is 2. The third-order valence-corrected chi connectivity index (χ3v) is 2.52. The summed E-state index contributed by atoms with van der Waals surface area (Å²) in [4.78, 5) is 0. The van der Waals surface area contributed by atoms with E-state index in [1.165, 1.54) is 6.42 Å². The molecule has 65 valence electrons. The lowest BCUT2D eigenvalue weighted by atomic mass is 9.95. The predicted octanol–water partition coefficient (Wildman–Crippen LogP) is 0.798. The predicted molar refractivity (Wildman–Crippen MR) is 48.4 cm³/mol. The molecule has 1 heterocycles. The summed E-state index contributed by atoms with van der Waals surface area (Å²) in [5.74, 6) is 0.773. The van der Waals surface area contributed by atoms with Crippen LogP contribution in [0.5, 0.6) is 0 Å². The van der Waals surface area contributed by atoms with Gasteiger partial charge in [-0.1, -0.05) is 20.3 Å². The van der Waals surface area contributed by atoms with Crippen LogP contribution in [-0.4, -0.2) is 25.7 Å². The molecule has 1 fully saturated rings. The highest BCUT2D eigenvalue weighted by Crippen LogP contribution is 2.11. The van der Waals surface area contributed by atoms with Crippen LogP contribution in [0.4, 0.5) is 0 Å². The Bertz CT molecular complexity index is 91.7. The van der Waals surface area contributed by atoms with E-state index < -0.39 is 0 Å². The third-order valence-electron chi connectivity index (χ3n) is 2.52. The second-order valence-electron chi connectivity index (χ2n) is 3.22. The van der Waals surface area contributed by atoms with Gasteiger partial charge in [-0.3, -0.25) is 0 Å². The van der Waals surface area contributed by atoms with Crippen LogP contribution in [0.25, 0.3) is 0 Å². The fraction of sp³-hybridized carbons (Fsp3) is 0.889. The van der Waals surface area contributed by atoms with Gasteiger partial charge in [0.25, 0.3) is 0 Å². The number of hydrogen-bond acceptors (Lipinski definition) is 2. The standard InChI is InChI=1S/C9H19N2/c1-3-8-7-10-5-6-11-9(8)4-2/h8-11H,2-7H2,1H3. The van der Waals surface area contributed by atoms with Crippen LogP contribution in [0, 0.1) is 12.8 Å². The Morgan fingerprint density at radius 3 is 2.91 bits per heavy atom. The van der Waals surface area contributed by atoms with E-state index in [1.54, 1.807) is 0 Å². The summed E-state index contributed by atoms with van der Waals surface area (Å²) in [6.07, 6.45) is 2.26. The van der Waals surface area contributed by atoms with Gasteiger partial charge in [-0.15, -0.1) is 0 Å². The Hall–Kier alpha value is -0.0800. The molecular weight excluding hydrogens is 136 g/mol. The number of nitrogens with one attached hydrogen (secondary N) is 2. The van der Waals surface area contributed by atoms with Crippen LogP contribution in [0.15, 0.2) is 0 Å². The maximum atomic E-state index is 3.96. The first-order valence-corrected chi connectivity index (χ1v) is 4.61. The largest absolute Gasteiger partial charge is 0.315 e. The summed E-state index contributed by atoms with van der Waals surface area (Å²) in [5.41, 5.74) is 0. The Morgan fingerprint density at radius 1 is 1.45 bits per heavy atom. The second-order valence-corrected chi connectivity index (χ2v) is 3.22. The van der Waals surface area contributed by atoms with E-state index in [0.717, 1.165) is 32.0 Å². The van der Waals surface area contributed by atoms with E-state index in [1.807, 2.05) is 0 Å². The maximum absolute atomic E-state index is 3.96. The summed E-state index contributed by atoms with van der Waals surface area (Å²) < 4.78 is 0. The van der Waals surface area contributed by atoms with Crippen molar-refractivity contribution in [3.8, 4) is 0 Å². The Balaban J connectivity index is 2.41. The highest BCUT2D eigenvalue weighted by molar-refractivity contribution is 4.81. The summed E-state index contributed by atoms with van der Waals surface area (Å²) in [6, 6.07) is 0.634. The molecule has 0 amide bonds. The van der Waals surface area contributed by atoms with Crippen LogP contribution in [0.1, 0.15) is 19.8 Å². The van der Waals surface area contributed by atoms with Crippen LogP contribution >= 0.6 is 0 Å². The molecule has 0 saturated carbocycles. The summed E-state index contributed by atoms with van der Waals surface area (Å²) in [5, 5.41) is 6.93. The van der Waals surface area contributed by atoms with Crippen molar-refractivity contribution in [2.24, 2.45) is 5.92 Å². The minimum absolute atomic E-state index is 0.634. The molecule has 2 heteroatoms. The topological polar surface area (TPSA) is 24.1 Å². The highest BCUT2D eigenvalue weighted by Gasteiger charge is 2.19. The normalized spacial score (nSPS) is 33.3. The molecule has 0 aromatic rings. The lowest BCUT2D eigenvalue weighted by Crippen LogP contribution is -2.35. The van der Waals surface area contributed by atoms with Gasteiger partial charge < -0.3 is 10.6 Å². The molecular formula is C9H19N2. The average Bonchev–Trinajstić information content (AvgIpc) is 2.27. The van der Waals surface area contributed by atoms with Crippen LogP contribution in [0.2, 0.25) is 0 Å². The van der Waals surface area contributed by atoms with Crippen molar-refractivity contribution >= 4 is 0 Å². The van der Waals surface area contributed by atoms with E-state index in [2.05, 4.69) is 24.5 Å². The van der Waals surface area contributed by atoms with Crippen molar-refractivity contribution in [1.29, 1.82) is 0 Å². The fourth-order valence-electron chi connectivity index (χ4n) is 1.71. The van der Waals surface area contributed by atoms with Crippen molar-refractivity contribution < 1.29 is 0 Å². The van der Waals surface area contributed by atoms with E-state index in [4.69, 9.17) is 0 Å². The Labute approximate surface area is 69.8 Å². The van der Waals surface area contributed by atoms with Crippen molar-refractivity contribution in [2.45, 2.75) is 25.8 Å². The molecule has 0 aliphatic carbocycles. The lowest BCUT2D eigenvalue weighted by Gasteiger charge is -2.22. The van der Waals surface area contributed by atoms with Gasteiger partial charge in [0.1, 0.15) is 0 Å². The lowest BCUT2D eigenvalue weighted by molar-refractivity contribution is 0.367. The zero-order valence-corrected chi connectivity index (χ0v) is 7.40. The molecule has 2 nitrogen and oxygen atoms in total. The zero-order chi connectivity index (χ0) is 8.10. The molecule has 0 aromatic heterocycles. The summed E-state index contributed by atoms with van der Waals surface area (Å²) >= 11 is 0. The zero-order valence-electron chi connectivity index (χ0n) is 7.40. The molecule has 1 aliphatic rings. The first kappa shape index (κ1) is 9.01. The average molecular weight is 155 g/mol. The van der Waals surface area contributed by atoms with Gasteiger partial charge >= 0.3 is 0 Å². The molecule has 2 N–H and O–H groups in total. The number of hydrogen-bond donors (Lipinski definition) is 2. The van der Waals surface area contributed by atoms with Crippen LogP contribution in [-0.2, 0) is 0 Å². The first-order chi connectivity index (χ1) is 5.38. The van der Waals surface area contributed by atoms with Crippen LogP contribution < -0.4 is 10.6 Å². The summed E-state index contributed by atoms with van der Waals surface area (Å²) in [6.45, 7) is 9.57. The van der Waals surface area contributed by atoms with Crippen molar-refractivity contribution in [2.75, 3.05) is 19.6 Å². The molecule has 1 radical (unpaired) electrons. The van der Waals surface area contributed by atoms with E-state index in [0.29, 0.717) is 6.04 Å². The van der Waals surface area contributed by atoms with Gasteiger partial charge in [0.05, 0.1) is 0 Å². The molecule has 1 rings (SSSR count). The van der Waals surface area contributed by atoms with Gasteiger partial charge in [-0.05, 0) is 18.9 Å². The molecule has 0 aromatic carbocycles. The molecule has 1 saturated heterocycles. The SMILES string of the molecule is [CH2]CC1NCCNCC1CC. The van der Waals surface area contributed by atoms with E-state index >= 15 is 0 Å².